The number of nitrogens with one attached hydrogen (secondary N) is 2. The van der Waals surface area contributed by atoms with Crippen molar-refractivity contribution in [1.82, 2.24) is 5.32 Å². The maximum absolute atomic E-state index is 12.0. The fourth-order valence-corrected chi connectivity index (χ4v) is 3.32. The van der Waals surface area contributed by atoms with Gasteiger partial charge in [-0.25, -0.2) is 0 Å². The third-order valence-corrected chi connectivity index (χ3v) is 5.07. The second-order valence-electron chi connectivity index (χ2n) is 6.38. The van der Waals surface area contributed by atoms with Crippen molar-refractivity contribution in [2.75, 3.05) is 11.1 Å². The standard InChI is InChI=1S/C22H22N2O3S/c1-16-4-6-18(7-5-16)14-28-15-21(25)23-13-17-8-10-19(11-9-17)24-22(26)20-3-2-12-27-20/h2-12H,13-15H2,1H3,(H,23,25)(H,24,26). The van der Waals surface area contributed by atoms with Crippen LogP contribution in [0.25, 0.3) is 0 Å². The highest BCUT2D eigenvalue weighted by Crippen LogP contribution is 2.14. The summed E-state index contributed by atoms with van der Waals surface area (Å²) >= 11 is 1.59. The van der Waals surface area contributed by atoms with Gasteiger partial charge in [-0.3, -0.25) is 9.59 Å². The van der Waals surface area contributed by atoms with Gasteiger partial charge in [0.1, 0.15) is 0 Å². The molecule has 0 fully saturated rings. The molecule has 0 aliphatic heterocycles. The lowest BCUT2D eigenvalue weighted by Crippen LogP contribution is -2.24. The van der Waals surface area contributed by atoms with Gasteiger partial charge in [0.2, 0.25) is 5.91 Å². The number of aryl methyl sites for hydroxylation is 1. The van der Waals surface area contributed by atoms with Gasteiger partial charge in [0, 0.05) is 18.0 Å². The van der Waals surface area contributed by atoms with Crippen LogP contribution in [0, 0.1) is 6.92 Å². The number of thioether (sulfide) groups is 1. The Morgan fingerprint density at radius 2 is 1.68 bits per heavy atom. The number of hydrogen-bond donors (Lipinski definition) is 2. The van der Waals surface area contributed by atoms with Crippen molar-refractivity contribution < 1.29 is 14.0 Å². The zero-order valence-corrected chi connectivity index (χ0v) is 16.4. The third-order valence-electron chi connectivity index (χ3n) is 4.07. The van der Waals surface area contributed by atoms with E-state index in [1.54, 1.807) is 36.0 Å². The van der Waals surface area contributed by atoms with E-state index in [4.69, 9.17) is 4.42 Å². The third kappa shape index (κ3) is 6.03. The first kappa shape index (κ1) is 19.8. The minimum atomic E-state index is -0.295. The zero-order valence-electron chi connectivity index (χ0n) is 15.6. The second-order valence-corrected chi connectivity index (χ2v) is 7.37. The van der Waals surface area contributed by atoms with Crippen molar-refractivity contribution in [3.8, 4) is 0 Å². The molecule has 2 aromatic carbocycles. The summed E-state index contributed by atoms with van der Waals surface area (Å²) in [5.74, 6) is 1.21. The molecular formula is C22H22N2O3S. The average Bonchev–Trinajstić information content (AvgIpc) is 3.24. The molecule has 3 rings (SSSR count). The molecule has 0 saturated carbocycles. The second kappa shape index (κ2) is 9.80. The average molecular weight is 394 g/mol. The molecule has 28 heavy (non-hydrogen) atoms. The van der Waals surface area contributed by atoms with Crippen LogP contribution in [-0.4, -0.2) is 17.6 Å². The van der Waals surface area contributed by atoms with E-state index in [0.717, 1.165) is 11.3 Å². The quantitative estimate of drug-likeness (QED) is 0.594. The molecule has 0 aliphatic carbocycles. The van der Waals surface area contributed by atoms with E-state index < -0.39 is 0 Å². The van der Waals surface area contributed by atoms with Gasteiger partial charge in [-0.1, -0.05) is 42.0 Å². The van der Waals surface area contributed by atoms with Crippen LogP contribution in [0.4, 0.5) is 5.69 Å². The Bertz CT molecular complexity index is 904. The van der Waals surface area contributed by atoms with Gasteiger partial charge in [-0.05, 0) is 42.3 Å². The maximum atomic E-state index is 12.0. The van der Waals surface area contributed by atoms with Gasteiger partial charge in [0.25, 0.3) is 5.91 Å². The van der Waals surface area contributed by atoms with Crippen molar-refractivity contribution in [2.24, 2.45) is 0 Å². The van der Waals surface area contributed by atoms with Gasteiger partial charge in [0.15, 0.2) is 5.76 Å². The summed E-state index contributed by atoms with van der Waals surface area (Å²) in [6.07, 6.45) is 1.46. The molecule has 5 nitrogen and oxygen atoms in total. The molecule has 0 unspecified atom stereocenters. The Kier molecular flexibility index (Phi) is 6.92. The molecule has 0 spiro atoms. The summed E-state index contributed by atoms with van der Waals surface area (Å²) < 4.78 is 5.06. The first-order valence-electron chi connectivity index (χ1n) is 8.94. The number of hydrogen-bond acceptors (Lipinski definition) is 4. The lowest BCUT2D eigenvalue weighted by molar-refractivity contribution is -0.118. The highest BCUT2D eigenvalue weighted by molar-refractivity contribution is 7.99. The van der Waals surface area contributed by atoms with Crippen molar-refractivity contribution in [2.45, 2.75) is 19.2 Å². The Hall–Kier alpha value is -2.99. The molecule has 6 heteroatoms. The zero-order chi connectivity index (χ0) is 19.8. The molecule has 2 N–H and O–H groups in total. The fraction of sp³-hybridized carbons (Fsp3) is 0.182. The van der Waals surface area contributed by atoms with Gasteiger partial charge >= 0.3 is 0 Å². The van der Waals surface area contributed by atoms with Crippen LogP contribution < -0.4 is 10.6 Å². The molecule has 0 radical (unpaired) electrons. The summed E-state index contributed by atoms with van der Waals surface area (Å²) in [5.41, 5.74) is 4.09. The van der Waals surface area contributed by atoms with Gasteiger partial charge in [-0.15, -0.1) is 11.8 Å². The Labute approximate surface area is 168 Å². The first-order chi connectivity index (χ1) is 13.6. The van der Waals surface area contributed by atoms with Crippen LogP contribution in [-0.2, 0) is 17.1 Å². The van der Waals surface area contributed by atoms with Gasteiger partial charge < -0.3 is 15.1 Å². The molecule has 3 aromatic rings. The maximum Gasteiger partial charge on any atom is 0.291 e. The largest absolute Gasteiger partial charge is 0.459 e. The highest BCUT2D eigenvalue weighted by Gasteiger charge is 2.08. The fourth-order valence-electron chi connectivity index (χ4n) is 2.50. The van der Waals surface area contributed by atoms with E-state index in [-0.39, 0.29) is 17.6 Å². The minimum absolute atomic E-state index is 0.00677. The van der Waals surface area contributed by atoms with Crippen molar-refractivity contribution in [3.05, 3.63) is 89.4 Å². The summed E-state index contributed by atoms with van der Waals surface area (Å²) in [6, 6.07) is 19.0. The lowest BCUT2D eigenvalue weighted by atomic mass is 10.2. The molecule has 0 aliphatic rings. The predicted octanol–water partition coefficient (Wildman–Crippen LogP) is 4.39. The summed E-state index contributed by atoms with van der Waals surface area (Å²) in [6.45, 7) is 2.51. The van der Waals surface area contributed by atoms with E-state index in [9.17, 15) is 9.59 Å². The molecular weight excluding hydrogens is 372 g/mol. The molecule has 0 bridgehead atoms. The molecule has 0 atom stereocenters. The van der Waals surface area contributed by atoms with E-state index >= 15 is 0 Å². The Morgan fingerprint density at radius 3 is 2.36 bits per heavy atom. The van der Waals surface area contributed by atoms with E-state index in [1.165, 1.54) is 17.4 Å². The summed E-state index contributed by atoms with van der Waals surface area (Å²) in [7, 11) is 0. The molecule has 2 amide bonds. The van der Waals surface area contributed by atoms with Crippen molar-refractivity contribution in [1.29, 1.82) is 0 Å². The topological polar surface area (TPSA) is 71.3 Å². The number of rotatable bonds is 8. The predicted molar refractivity (Wildman–Crippen MR) is 112 cm³/mol. The minimum Gasteiger partial charge on any atom is -0.459 e. The number of carbonyl (C=O) groups excluding carboxylic acids is 2. The Morgan fingerprint density at radius 1 is 0.964 bits per heavy atom. The smallest absolute Gasteiger partial charge is 0.291 e. The van der Waals surface area contributed by atoms with Crippen molar-refractivity contribution >= 4 is 29.3 Å². The van der Waals surface area contributed by atoms with E-state index in [1.807, 2.05) is 12.1 Å². The van der Waals surface area contributed by atoms with Crippen LogP contribution in [0.3, 0.4) is 0 Å². The summed E-state index contributed by atoms with van der Waals surface area (Å²) in [5, 5.41) is 5.67. The first-order valence-corrected chi connectivity index (χ1v) is 10.1. The molecule has 1 heterocycles. The Balaban J connectivity index is 1.38. The van der Waals surface area contributed by atoms with Crippen LogP contribution in [0.1, 0.15) is 27.2 Å². The number of amides is 2. The molecule has 1 aromatic heterocycles. The van der Waals surface area contributed by atoms with Gasteiger partial charge in [-0.2, -0.15) is 0 Å². The van der Waals surface area contributed by atoms with Crippen LogP contribution >= 0.6 is 11.8 Å². The number of carbonyl (C=O) groups is 2. The molecule has 0 saturated heterocycles. The number of benzene rings is 2. The van der Waals surface area contributed by atoms with E-state index in [2.05, 4.69) is 41.8 Å². The molecule has 144 valence electrons. The normalized spacial score (nSPS) is 10.5. The highest BCUT2D eigenvalue weighted by atomic mass is 32.2. The SMILES string of the molecule is Cc1ccc(CSCC(=O)NCc2ccc(NC(=O)c3ccco3)cc2)cc1. The number of furan rings is 1. The lowest BCUT2D eigenvalue weighted by Gasteiger charge is -2.07. The van der Waals surface area contributed by atoms with E-state index in [0.29, 0.717) is 18.0 Å². The summed E-state index contributed by atoms with van der Waals surface area (Å²) in [4.78, 5) is 23.9. The van der Waals surface area contributed by atoms with Crippen LogP contribution in [0.15, 0.2) is 71.3 Å². The monoisotopic (exact) mass is 394 g/mol. The van der Waals surface area contributed by atoms with Crippen molar-refractivity contribution in [3.63, 3.8) is 0 Å². The number of anilines is 1. The van der Waals surface area contributed by atoms with Gasteiger partial charge in [0.05, 0.1) is 12.0 Å². The van der Waals surface area contributed by atoms with Crippen LogP contribution in [0.5, 0.6) is 0 Å². The van der Waals surface area contributed by atoms with Crippen LogP contribution in [0.2, 0.25) is 0 Å².